The zero-order valence-corrected chi connectivity index (χ0v) is 6.92. The summed E-state index contributed by atoms with van der Waals surface area (Å²) < 4.78 is 1.13. The maximum atomic E-state index is 5.50. The van der Waals surface area contributed by atoms with E-state index in [0.717, 1.165) is 3.58 Å². The third-order valence-electron chi connectivity index (χ3n) is 0.923. The van der Waals surface area contributed by atoms with Gasteiger partial charge in [-0.1, -0.05) is 17.9 Å². The Bertz CT molecular complexity index is 217. The molecule has 0 spiro atoms. The molecule has 2 N–H and O–H groups in total. The lowest BCUT2D eigenvalue weighted by Gasteiger charge is -1.89. The third-order valence-corrected chi connectivity index (χ3v) is 1.59. The molecule has 0 heterocycles. The van der Waals surface area contributed by atoms with Crippen molar-refractivity contribution in [2.45, 2.75) is 6.04 Å². The summed E-state index contributed by atoms with van der Waals surface area (Å²) in [5, 5.41) is 0. The van der Waals surface area contributed by atoms with E-state index in [4.69, 9.17) is 5.73 Å². The molecular formula is C7H6IN. The minimum Gasteiger partial charge on any atom is -0.314 e. The largest absolute Gasteiger partial charge is 0.314 e. The van der Waals surface area contributed by atoms with E-state index < -0.39 is 0 Å². The molecule has 2 heteroatoms. The van der Waals surface area contributed by atoms with Gasteiger partial charge < -0.3 is 5.73 Å². The van der Waals surface area contributed by atoms with Crippen LogP contribution in [0, 0.1) is 11.8 Å². The number of hydrogen-bond donors (Lipinski definition) is 1. The van der Waals surface area contributed by atoms with Gasteiger partial charge >= 0.3 is 0 Å². The molecule has 1 rings (SSSR count). The molecule has 1 atom stereocenters. The van der Waals surface area contributed by atoms with Gasteiger partial charge in [0.2, 0.25) is 0 Å². The lowest BCUT2D eigenvalue weighted by Crippen LogP contribution is -2.12. The highest BCUT2D eigenvalue weighted by atomic mass is 127. The minimum atomic E-state index is -0.0893. The van der Waals surface area contributed by atoms with Crippen LogP contribution in [0.5, 0.6) is 0 Å². The van der Waals surface area contributed by atoms with Crippen molar-refractivity contribution in [1.29, 1.82) is 0 Å². The van der Waals surface area contributed by atoms with Crippen molar-refractivity contribution in [1.82, 2.24) is 0 Å². The van der Waals surface area contributed by atoms with Gasteiger partial charge in [-0.3, -0.25) is 0 Å². The van der Waals surface area contributed by atoms with Crippen LogP contribution in [-0.4, -0.2) is 6.04 Å². The fourth-order valence-corrected chi connectivity index (χ4v) is 0.862. The Kier molecular flexibility index (Phi) is 2.31. The van der Waals surface area contributed by atoms with Crippen molar-refractivity contribution in [2.24, 2.45) is 5.73 Å². The lowest BCUT2D eigenvalue weighted by atomic mass is 10.3. The predicted molar refractivity (Wildman–Crippen MR) is 47.0 cm³/mol. The van der Waals surface area contributed by atoms with Crippen molar-refractivity contribution >= 4 is 22.6 Å². The number of halogens is 1. The van der Waals surface area contributed by atoms with Gasteiger partial charge in [0.1, 0.15) is 0 Å². The van der Waals surface area contributed by atoms with Crippen LogP contribution in [-0.2, 0) is 0 Å². The fourth-order valence-electron chi connectivity index (χ4n) is 0.499. The number of nitrogens with two attached hydrogens (primary N) is 1. The molecule has 1 aliphatic carbocycles. The average molecular weight is 231 g/mol. The van der Waals surface area contributed by atoms with E-state index in [9.17, 15) is 0 Å². The first-order valence-electron chi connectivity index (χ1n) is 2.59. The Balaban J connectivity index is 2.82. The first-order valence-corrected chi connectivity index (χ1v) is 3.67. The van der Waals surface area contributed by atoms with Crippen LogP contribution in [0.4, 0.5) is 0 Å². The molecule has 1 aliphatic rings. The molecule has 1 unspecified atom stereocenters. The van der Waals surface area contributed by atoms with Crippen molar-refractivity contribution in [3.63, 3.8) is 0 Å². The van der Waals surface area contributed by atoms with Gasteiger partial charge in [0, 0.05) is 9.66 Å². The summed E-state index contributed by atoms with van der Waals surface area (Å²) in [7, 11) is 0. The van der Waals surface area contributed by atoms with Gasteiger partial charge in [0.15, 0.2) is 0 Å². The van der Waals surface area contributed by atoms with Gasteiger partial charge in [0.25, 0.3) is 0 Å². The predicted octanol–water partition coefficient (Wildman–Crippen LogP) is 1.21. The highest BCUT2D eigenvalue weighted by Crippen LogP contribution is 2.08. The fraction of sp³-hybridized carbons (Fsp3) is 0.143. The van der Waals surface area contributed by atoms with Crippen LogP contribution >= 0.6 is 22.6 Å². The van der Waals surface area contributed by atoms with Crippen LogP contribution in [0.3, 0.4) is 0 Å². The van der Waals surface area contributed by atoms with E-state index in [0.29, 0.717) is 0 Å². The third kappa shape index (κ3) is 2.20. The van der Waals surface area contributed by atoms with Crippen LogP contribution in [0.25, 0.3) is 0 Å². The molecule has 0 aliphatic heterocycles. The monoisotopic (exact) mass is 231 g/mol. The molecule has 0 saturated heterocycles. The van der Waals surface area contributed by atoms with Gasteiger partial charge in [-0.15, -0.1) is 0 Å². The zero-order chi connectivity index (χ0) is 6.69. The van der Waals surface area contributed by atoms with Crippen LogP contribution in [0.15, 0.2) is 21.8 Å². The number of rotatable bonds is 0. The van der Waals surface area contributed by atoms with Gasteiger partial charge in [-0.25, -0.2) is 0 Å². The maximum absolute atomic E-state index is 5.50. The van der Waals surface area contributed by atoms with Crippen LogP contribution in [0.2, 0.25) is 0 Å². The number of hydrogen-bond acceptors (Lipinski definition) is 1. The molecule has 0 radical (unpaired) electrons. The normalized spacial score (nSPS) is 23.8. The maximum Gasteiger partial charge on any atom is 0.0857 e. The minimum absolute atomic E-state index is 0.0893. The van der Waals surface area contributed by atoms with Crippen LogP contribution in [0.1, 0.15) is 0 Å². The quantitative estimate of drug-likeness (QED) is 0.492. The van der Waals surface area contributed by atoms with Crippen molar-refractivity contribution in [3.8, 4) is 11.8 Å². The Morgan fingerprint density at radius 2 is 2.44 bits per heavy atom. The second kappa shape index (κ2) is 3.04. The summed E-state index contributed by atoms with van der Waals surface area (Å²) in [4.78, 5) is 0. The zero-order valence-electron chi connectivity index (χ0n) is 4.76. The molecule has 0 aromatic rings. The standard InChI is InChI=1S/C7H6IN/c8-6-2-1-3-7(9)5-4-6/h2,4-5,7H,9H2. The molecule has 0 saturated carbocycles. The Morgan fingerprint density at radius 1 is 1.67 bits per heavy atom. The van der Waals surface area contributed by atoms with E-state index in [1.54, 1.807) is 0 Å². The smallest absolute Gasteiger partial charge is 0.0857 e. The molecular weight excluding hydrogens is 225 g/mol. The van der Waals surface area contributed by atoms with Crippen molar-refractivity contribution < 1.29 is 0 Å². The van der Waals surface area contributed by atoms with Gasteiger partial charge in [0.05, 0.1) is 6.04 Å². The summed E-state index contributed by atoms with van der Waals surface area (Å²) in [6.07, 6.45) is 5.69. The highest BCUT2D eigenvalue weighted by molar-refractivity contribution is 14.1. The summed E-state index contributed by atoms with van der Waals surface area (Å²) >= 11 is 2.21. The van der Waals surface area contributed by atoms with Crippen molar-refractivity contribution in [3.05, 3.63) is 21.8 Å². The first kappa shape index (κ1) is 6.84. The molecule has 0 fully saturated rings. The molecule has 0 aromatic carbocycles. The Labute approximate surface area is 68.1 Å². The Morgan fingerprint density at radius 3 is 3.22 bits per heavy atom. The molecule has 0 bridgehead atoms. The average Bonchev–Trinajstić information content (AvgIpc) is 1.97. The summed E-state index contributed by atoms with van der Waals surface area (Å²) in [6.45, 7) is 0. The molecule has 0 aromatic heterocycles. The number of allylic oxidation sites excluding steroid dienone is 3. The summed E-state index contributed by atoms with van der Waals surface area (Å²) in [5.41, 5.74) is 5.50. The SMILES string of the molecule is NC1C#CC=C(I)C=C1. The van der Waals surface area contributed by atoms with E-state index >= 15 is 0 Å². The van der Waals surface area contributed by atoms with Crippen LogP contribution < -0.4 is 5.73 Å². The van der Waals surface area contributed by atoms with Gasteiger partial charge in [-0.2, -0.15) is 0 Å². The van der Waals surface area contributed by atoms with E-state index in [1.807, 2.05) is 18.2 Å². The molecule has 9 heavy (non-hydrogen) atoms. The second-order valence-corrected chi connectivity index (χ2v) is 2.95. The first-order chi connectivity index (χ1) is 4.29. The van der Waals surface area contributed by atoms with E-state index in [-0.39, 0.29) is 6.04 Å². The molecule has 46 valence electrons. The van der Waals surface area contributed by atoms with Crippen molar-refractivity contribution in [2.75, 3.05) is 0 Å². The molecule has 0 amide bonds. The van der Waals surface area contributed by atoms with E-state index in [1.165, 1.54) is 0 Å². The second-order valence-electron chi connectivity index (χ2n) is 1.70. The summed E-state index contributed by atoms with van der Waals surface area (Å²) in [5.74, 6) is 5.67. The highest BCUT2D eigenvalue weighted by Gasteiger charge is 1.91. The topological polar surface area (TPSA) is 26.0 Å². The molecule has 1 nitrogen and oxygen atoms in total. The lowest BCUT2D eigenvalue weighted by molar-refractivity contribution is 1.07. The van der Waals surface area contributed by atoms with E-state index in [2.05, 4.69) is 34.4 Å². The summed E-state index contributed by atoms with van der Waals surface area (Å²) in [6, 6.07) is -0.0893. The Hall–Kier alpha value is -0.270. The van der Waals surface area contributed by atoms with Gasteiger partial charge in [-0.05, 0) is 28.7 Å².